The van der Waals surface area contributed by atoms with Crippen molar-refractivity contribution >= 4 is 11.3 Å². The molecule has 3 heterocycles. The van der Waals surface area contributed by atoms with Gasteiger partial charge in [0.2, 0.25) is 0 Å². The second-order valence-corrected chi connectivity index (χ2v) is 7.24. The largest absolute Gasteiger partial charge is 0.311 e. The van der Waals surface area contributed by atoms with E-state index in [0.717, 1.165) is 24.5 Å². The highest BCUT2D eigenvalue weighted by molar-refractivity contribution is 7.09. The summed E-state index contributed by atoms with van der Waals surface area (Å²) in [6.07, 6.45) is 7.09. The van der Waals surface area contributed by atoms with Crippen molar-refractivity contribution < 1.29 is 0 Å². The Hall–Kier alpha value is -0.380. The molecule has 0 radical (unpaired) electrons. The van der Waals surface area contributed by atoms with E-state index in [4.69, 9.17) is 0 Å². The molecule has 19 heavy (non-hydrogen) atoms. The van der Waals surface area contributed by atoms with E-state index in [1.807, 2.05) is 11.3 Å². The van der Waals surface area contributed by atoms with Gasteiger partial charge in [-0.25, -0.2) is 0 Å². The number of nitrogens with one attached hydrogen (secondary N) is 1. The lowest BCUT2D eigenvalue weighted by molar-refractivity contribution is 0.220. The normalized spacial score (nSPS) is 30.1. The monoisotopic (exact) mass is 278 g/mol. The Labute approximate surface area is 121 Å². The Morgan fingerprint density at radius 2 is 2.11 bits per heavy atom. The van der Waals surface area contributed by atoms with E-state index in [1.54, 1.807) is 0 Å². The van der Waals surface area contributed by atoms with E-state index >= 15 is 0 Å². The number of fused-ring (bicyclic) bond motifs is 2. The minimum absolute atomic E-state index is 0.844. The van der Waals surface area contributed by atoms with Crippen LogP contribution < -0.4 is 5.32 Å². The Balaban J connectivity index is 1.45. The summed E-state index contributed by atoms with van der Waals surface area (Å²) >= 11 is 1.89. The molecule has 2 fully saturated rings. The molecule has 0 spiro atoms. The third kappa shape index (κ3) is 3.59. The summed E-state index contributed by atoms with van der Waals surface area (Å²) in [5.41, 5.74) is 0. The van der Waals surface area contributed by atoms with Gasteiger partial charge in [-0.3, -0.25) is 4.90 Å². The van der Waals surface area contributed by atoms with Gasteiger partial charge in [0.05, 0.1) is 0 Å². The van der Waals surface area contributed by atoms with Crippen LogP contribution in [0.1, 0.15) is 43.9 Å². The van der Waals surface area contributed by atoms with Crippen molar-refractivity contribution in [2.45, 2.75) is 57.7 Å². The third-order valence-corrected chi connectivity index (χ3v) is 5.69. The van der Waals surface area contributed by atoms with Crippen molar-refractivity contribution in [3.8, 4) is 0 Å². The number of rotatable bonds is 6. The van der Waals surface area contributed by atoms with Crippen LogP contribution in [0.2, 0.25) is 0 Å². The first-order chi connectivity index (χ1) is 9.33. The van der Waals surface area contributed by atoms with E-state index < -0.39 is 0 Å². The van der Waals surface area contributed by atoms with Crippen LogP contribution in [-0.2, 0) is 6.54 Å². The molecule has 2 saturated heterocycles. The van der Waals surface area contributed by atoms with Crippen molar-refractivity contribution in [3.05, 3.63) is 22.4 Å². The quantitative estimate of drug-likeness (QED) is 0.857. The van der Waals surface area contributed by atoms with Crippen LogP contribution in [0, 0.1) is 5.92 Å². The molecule has 1 N–H and O–H groups in total. The maximum atomic E-state index is 3.75. The highest BCUT2D eigenvalue weighted by Crippen LogP contribution is 2.32. The van der Waals surface area contributed by atoms with Gasteiger partial charge in [0, 0.05) is 23.5 Å². The van der Waals surface area contributed by atoms with E-state index in [-0.39, 0.29) is 0 Å². The summed E-state index contributed by atoms with van der Waals surface area (Å²) in [5.74, 6) is 0.969. The Bertz CT molecular complexity index is 364. The molecule has 0 aromatic carbocycles. The molecule has 1 aromatic heterocycles. The van der Waals surface area contributed by atoms with Gasteiger partial charge in [-0.2, -0.15) is 0 Å². The van der Waals surface area contributed by atoms with Gasteiger partial charge < -0.3 is 5.32 Å². The molecule has 106 valence electrons. The molecule has 0 saturated carbocycles. The SMILES string of the molecule is CCN(CCC1CC2CCC(C1)N2)Cc1cccs1. The maximum Gasteiger partial charge on any atom is 0.0327 e. The van der Waals surface area contributed by atoms with Crippen LogP contribution in [0.3, 0.4) is 0 Å². The van der Waals surface area contributed by atoms with Gasteiger partial charge in [0.1, 0.15) is 0 Å². The van der Waals surface area contributed by atoms with E-state index in [9.17, 15) is 0 Å². The highest BCUT2D eigenvalue weighted by Gasteiger charge is 2.33. The minimum atomic E-state index is 0.844. The van der Waals surface area contributed by atoms with Crippen molar-refractivity contribution in [1.29, 1.82) is 0 Å². The molecule has 2 atom stereocenters. The summed E-state index contributed by atoms with van der Waals surface area (Å²) in [7, 11) is 0. The van der Waals surface area contributed by atoms with Crippen molar-refractivity contribution in [2.24, 2.45) is 5.92 Å². The minimum Gasteiger partial charge on any atom is -0.311 e. The zero-order chi connectivity index (χ0) is 13.1. The summed E-state index contributed by atoms with van der Waals surface area (Å²) in [4.78, 5) is 4.11. The van der Waals surface area contributed by atoms with Crippen molar-refractivity contribution in [3.63, 3.8) is 0 Å². The Morgan fingerprint density at radius 3 is 2.74 bits per heavy atom. The van der Waals surface area contributed by atoms with Gasteiger partial charge >= 0.3 is 0 Å². The molecule has 2 aliphatic rings. The fourth-order valence-corrected chi connectivity index (χ4v) is 4.49. The van der Waals surface area contributed by atoms with E-state index in [2.05, 4.69) is 34.7 Å². The molecule has 3 rings (SSSR count). The Morgan fingerprint density at radius 1 is 1.32 bits per heavy atom. The lowest BCUT2D eigenvalue weighted by Crippen LogP contribution is -2.39. The smallest absolute Gasteiger partial charge is 0.0327 e. The molecule has 2 nitrogen and oxygen atoms in total. The third-order valence-electron chi connectivity index (χ3n) is 4.83. The molecule has 0 amide bonds. The van der Waals surface area contributed by atoms with Gasteiger partial charge in [0.25, 0.3) is 0 Å². The van der Waals surface area contributed by atoms with E-state index in [1.165, 1.54) is 50.1 Å². The lowest BCUT2D eigenvalue weighted by Gasteiger charge is -2.30. The second-order valence-electron chi connectivity index (χ2n) is 6.21. The first-order valence-corrected chi connectivity index (χ1v) is 8.72. The summed E-state index contributed by atoms with van der Waals surface area (Å²) in [5, 5.41) is 5.93. The standard InChI is InChI=1S/C16H26N2S/c1-2-18(12-16-4-3-9-19-16)8-7-13-10-14-5-6-15(11-13)17-14/h3-4,9,13-15,17H,2,5-8,10-12H2,1H3. The maximum absolute atomic E-state index is 3.75. The first-order valence-electron chi connectivity index (χ1n) is 7.84. The van der Waals surface area contributed by atoms with Crippen LogP contribution in [-0.4, -0.2) is 30.1 Å². The fourth-order valence-electron chi connectivity index (χ4n) is 3.75. The summed E-state index contributed by atoms with van der Waals surface area (Å²) < 4.78 is 0. The second kappa shape index (κ2) is 6.38. The van der Waals surface area contributed by atoms with Gasteiger partial charge in [-0.15, -0.1) is 11.3 Å². The number of hydrogen-bond donors (Lipinski definition) is 1. The topological polar surface area (TPSA) is 15.3 Å². The molecule has 0 aliphatic carbocycles. The average Bonchev–Trinajstić information content (AvgIpc) is 3.04. The first kappa shape index (κ1) is 13.6. The van der Waals surface area contributed by atoms with Crippen LogP contribution in [0.15, 0.2) is 17.5 Å². The summed E-state index contributed by atoms with van der Waals surface area (Å²) in [6, 6.07) is 6.11. The van der Waals surface area contributed by atoms with Crippen LogP contribution in [0.5, 0.6) is 0 Å². The average molecular weight is 278 g/mol. The van der Waals surface area contributed by atoms with Gasteiger partial charge in [-0.05, 0) is 62.6 Å². The molecule has 2 unspecified atom stereocenters. The Kier molecular flexibility index (Phi) is 4.57. The van der Waals surface area contributed by atoms with Crippen molar-refractivity contribution in [1.82, 2.24) is 10.2 Å². The fraction of sp³-hybridized carbons (Fsp3) is 0.750. The highest BCUT2D eigenvalue weighted by atomic mass is 32.1. The van der Waals surface area contributed by atoms with Gasteiger partial charge in [-0.1, -0.05) is 13.0 Å². The molecule has 2 bridgehead atoms. The number of hydrogen-bond acceptors (Lipinski definition) is 3. The molecular weight excluding hydrogens is 252 g/mol. The van der Waals surface area contributed by atoms with Crippen LogP contribution in [0.25, 0.3) is 0 Å². The number of piperidine rings is 1. The van der Waals surface area contributed by atoms with Crippen LogP contribution >= 0.6 is 11.3 Å². The number of nitrogens with zero attached hydrogens (tertiary/aromatic N) is 1. The zero-order valence-corrected chi connectivity index (χ0v) is 12.8. The number of thiophene rings is 1. The van der Waals surface area contributed by atoms with Crippen LogP contribution in [0.4, 0.5) is 0 Å². The van der Waals surface area contributed by atoms with E-state index in [0.29, 0.717) is 0 Å². The lowest BCUT2D eigenvalue weighted by atomic mass is 9.89. The predicted octanol–water partition coefficient (Wildman–Crippen LogP) is 3.49. The van der Waals surface area contributed by atoms with Gasteiger partial charge in [0.15, 0.2) is 0 Å². The molecule has 1 aromatic rings. The molecular formula is C16H26N2S. The molecule has 3 heteroatoms. The predicted molar refractivity (Wildman–Crippen MR) is 82.6 cm³/mol. The molecule has 2 aliphatic heterocycles. The summed E-state index contributed by atoms with van der Waals surface area (Å²) in [6.45, 7) is 5.89. The zero-order valence-electron chi connectivity index (χ0n) is 12.0. The van der Waals surface area contributed by atoms with Crippen molar-refractivity contribution in [2.75, 3.05) is 13.1 Å².